The molecule has 5 nitrogen and oxygen atoms in total. The van der Waals surface area contributed by atoms with Crippen LogP contribution in [0.3, 0.4) is 0 Å². The molecule has 0 atom stereocenters. The average molecular weight is 433 g/mol. The normalized spacial score (nSPS) is 15.4. The smallest absolute Gasteiger partial charge is 0.255 e. The first-order valence-corrected chi connectivity index (χ1v) is 10.3. The van der Waals surface area contributed by atoms with Gasteiger partial charge in [-0.2, -0.15) is 0 Å². The van der Waals surface area contributed by atoms with E-state index >= 15 is 0 Å². The Morgan fingerprint density at radius 1 is 1.07 bits per heavy atom. The predicted molar refractivity (Wildman–Crippen MR) is 98.8 cm³/mol. The van der Waals surface area contributed by atoms with Gasteiger partial charge in [0.15, 0.2) is 27.3 Å². The number of piperidine rings is 1. The Kier molecular flexibility index (Phi) is 5.97. The van der Waals surface area contributed by atoms with E-state index in [0.717, 1.165) is 6.07 Å². The van der Waals surface area contributed by atoms with Crippen molar-refractivity contribution in [3.05, 3.63) is 58.4 Å². The van der Waals surface area contributed by atoms with E-state index in [9.17, 15) is 26.4 Å². The Balaban J connectivity index is 1.89. The summed E-state index contributed by atoms with van der Waals surface area (Å²) >= 11 is 6.06. The third-order valence-corrected chi connectivity index (χ3v) is 7.21. The number of carbonyl (C=O) groups excluding carboxylic acids is 1. The molecule has 0 unspecified atom stereocenters. The molecule has 150 valence electrons. The molecule has 1 saturated heterocycles. The minimum atomic E-state index is -3.76. The molecule has 2 aromatic rings. The summed E-state index contributed by atoms with van der Waals surface area (Å²) in [4.78, 5) is 12.2. The lowest BCUT2D eigenvalue weighted by molar-refractivity contribution is 0.102. The maximum Gasteiger partial charge on any atom is 0.255 e. The molecule has 1 fully saturated rings. The zero-order valence-electron chi connectivity index (χ0n) is 14.4. The van der Waals surface area contributed by atoms with E-state index in [1.165, 1.54) is 12.1 Å². The molecule has 3 rings (SSSR count). The summed E-state index contributed by atoms with van der Waals surface area (Å²) in [7, 11) is -3.76. The highest BCUT2D eigenvalue weighted by Gasteiger charge is 2.31. The third kappa shape index (κ3) is 4.16. The predicted octanol–water partition coefficient (Wildman–Crippen LogP) is 3.54. The largest absolute Gasteiger partial charge is 0.322 e. The number of halogens is 4. The number of hydrogen-bond donors (Lipinski definition) is 2. The van der Waals surface area contributed by atoms with Crippen LogP contribution in [-0.4, -0.2) is 32.7 Å². The Hall–Kier alpha value is -2.10. The van der Waals surface area contributed by atoms with Gasteiger partial charge in [-0.15, -0.1) is 0 Å². The van der Waals surface area contributed by atoms with Gasteiger partial charge >= 0.3 is 0 Å². The maximum absolute atomic E-state index is 13.3. The Bertz CT molecular complexity index is 1000. The van der Waals surface area contributed by atoms with Crippen LogP contribution in [0, 0.1) is 17.5 Å². The van der Waals surface area contributed by atoms with Gasteiger partial charge in [-0.1, -0.05) is 11.6 Å². The number of nitrogens with one attached hydrogen (secondary N) is 2. The van der Waals surface area contributed by atoms with Crippen molar-refractivity contribution >= 4 is 33.0 Å². The fourth-order valence-corrected chi connectivity index (χ4v) is 5.27. The summed E-state index contributed by atoms with van der Waals surface area (Å²) in [5.41, 5.74) is -0.374. The number of sulfone groups is 1. The summed E-state index contributed by atoms with van der Waals surface area (Å²) in [6.07, 6.45) is 0.840. The van der Waals surface area contributed by atoms with Crippen LogP contribution >= 0.6 is 11.6 Å². The van der Waals surface area contributed by atoms with Crippen LogP contribution in [0.4, 0.5) is 18.9 Å². The molecule has 2 aromatic carbocycles. The van der Waals surface area contributed by atoms with E-state index in [2.05, 4.69) is 10.6 Å². The van der Waals surface area contributed by atoms with E-state index < -0.39 is 38.4 Å². The van der Waals surface area contributed by atoms with Gasteiger partial charge in [0.2, 0.25) is 0 Å². The van der Waals surface area contributed by atoms with Crippen LogP contribution in [-0.2, 0) is 9.84 Å². The molecule has 28 heavy (non-hydrogen) atoms. The molecule has 10 heteroatoms. The number of carbonyl (C=O) groups is 1. The molecule has 0 saturated carbocycles. The molecular weight excluding hydrogens is 417 g/mol. The topological polar surface area (TPSA) is 75.3 Å². The van der Waals surface area contributed by atoms with Gasteiger partial charge in [0, 0.05) is 23.4 Å². The van der Waals surface area contributed by atoms with Gasteiger partial charge in [-0.25, -0.2) is 21.6 Å². The monoisotopic (exact) mass is 432 g/mol. The van der Waals surface area contributed by atoms with E-state index in [4.69, 9.17) is 11.6 Å². The highest BCUT2D eigenvalue weighted by Crippen LogP contribution is 2.29. The van der Waals surface area contributed by atoms with Gasteiger partial charge in [0.1, 0.15) is 0 Å². The van der Waals surface area contributed by atoms with Gasteiger partial charge in [0.25, 0.3) is 5.91 Å². The number of rotatable bonds is 4. The first-order chi connectivity index (χ1) is 13.2. The number of anilines is 1. The lowest BCUT2D eigenvalue weighted by Crippen LogP contribution is -2.36. The van der Waals surface area contributed by atoms with Crippen molar-refractivity contribution in [2.45, 2.75) is 23.0 Å². The number of amides is 1. The van der Waals surface area contributed by atoms with E-state index in [0.29, 0.717) is 38.1 Å². The standard InChI is InChI=1S/C18H16ClF3N2O3S/c19-13-2-1-10(7-16(13)28(26,27)12-3-5-23-6-4-12)18(25)24-11-8-14(20)17(22)15(21)9-11/h1-2,7-9,12,23H,3-6H2,(H,24,25). The average Bonchev–Trinajstić information content (AvgIpc) is 2.67. The molecule has 0 bridgehead atoms. The molecule has 0 aliphatic carbocycles. The second-order valence-electron chi connectivity index (χ2n) is 6.35. The minimum absolute atomic E-state index is 0.0195. The molecule has 1 aliphatic rings. The van der Waals surface area contributed by atoms with Crippen molar-refractivity contribution in [1.82, 2.24) is 5.32 Å². The van der Waals surface area contributed by atoms with Crippen molar-refractivity contribution in [2.75, 3.05) is 18.4 Å². The Morgan fingerprint density at radius 2 is 1.68 bits per heavy atom. The fraction of sp³-hybridized carbons (Fsp3) is 0.278. The van der Waals surface area contributed by atoms with E-state index in [1.807, 2.05) is 0 Å². The molecule has 1 aliphatic heterocycles. The van der Waals surface area contributed by atoms with Crippen LogP contribution in [0.2, 0.25) is 5.02 Å². The maximum atomic E-state index is 13.3. The summed E-state index contributed by atoms with van der Waals surface area (Å²) in [6, 6.07) is 4.94. The van der Waals surface area contributed by atoms with Crippen LogP contribution < -0.4 is 10.6 Å². The molecule has 0 radical (unpaired) electrons. The lowest BCUT2D eigenvalue weighted by atomic mass is 10.2. The fourth-order valence-electron chi connectivity index (χ4n) is 2.98. The van der Waals surface area contributed by atoms with Crippen LogP contribution in [0.15, 0.2) is 35.2 Å². The second kappa shape index (κ2) is 8.10. The van der Waals surface area contributed by atoms with Crippen molar-refractivity contribution in [2.24, 2.45) is 0 Å². The van der Waals surface area contributed by atoms with Crippen molar-refractivity contribution in [3.8, 4) is 0 Å². The number of hydrogen-bond acceptors (Lipinski definition) is 4. The molecule has 2 N–H and O–H groups in total. The second-order valence-corrected chi connectivity index (χ2v) is 8.95. The molecule has 1 amide bonds. The zero-order chi connectivity index (χ0) is 20.5. The van der Waals surface area contributed by atoms with E-state index in [1.54, 1.807) is 0 Å². The highest BCUT2D eigenvalue weighted by molar-refractivity contribution is 7.92. The Labute approximate surface area is 164 Å². The highest BCUT2D eigenvalue weighted by atomic mass is 35.5. The summed E-state index contributed by atoms with van der Waals surface area (Å²) < 4.78 is 65.4. The molecule has 0 spiro atoms. The van der Waals surface area contributed by atoms with Gasteiger partial charge in [-0.3, -0.25) is 4.79 Å². The molecule has 1 heterocycles. The van der Waals surface area contributed by atoms with Crippen LogP contribution in [0.5, 0.6) is 0 Å². The van der Waals surface area contributed by atoms with Gasteiger partial charge in [-0.05, 0) is 44.1 Å². The SMILES string of the molecule is O=C(Nc1cc(F)c(F)c(F)c1)c1ccc(Cl)c(S(=O)(=O)C2CCNCC2)c1. The van der Waals surface area contributed by atoms with Crippen molar-refractivity contribution < 1.29 is 26.4 Å². The third-order valence-electron chi connectivity index (χ3n) is 4.47. The lowest BCUT2D eigenvalue weighted by Gasteiger charge is -2.23. The van der Waals surface area contributed by atoms with Gasteiger partial charge in [0.05, 0.1) is 15.2 Å². The van der Waals surface area contributed by atoms with Gasteiger partial charge < -0.3 is 10.6 Å². The van der Waals surface area contributed by atoms with E-state index in [-0.39, 0.29) is 21.2 Å². The van der Waals surface area contributed by atoms with Crippen molar-refractivity contribution in [3.63, 3.8) is 0 Å². The van der Waals surface area contributed by atoms with Crippen LogP contribution in [0.25, 0.3) is 0 Å². The summed E-state index contributed by atoms with van der Waals surface area (Å²) in [6.45, 7) is 1.12. The zero-order valence-corrected chi connectivity index (χ0v) is 16.0. The van der Waals surface area contributed by atoms with Crippen molar-refractivity contribution in [1.29, 1.82) is 0 Å². The summed E-state index contributed by atoms with van der Waals surface area (Å²) in [5, 5.41) is 4.64. The quantitative estimate of drug-likeness (QED) is 0.725. The number of benzene rings is 2. The first kappa shape index (κ1) is 20.6. The molecule has 0 aromatic heterocycles. The molecular formula is C18H16ClF3N2O3S. The summed E-state index contributed by atoms with van der Waals surface area (Å²) in [5.74, 6) is -5.38. The van der Waals surface area contributed by atoms with Crippen LogP contribution in [0.1, 0.15) is 23.2 Å². The minimum Gasteiger partial charge on any atom is -0.322 e. The Morgan fingerprint density at radius 3 is 2.29 bits per heavy atom. The first-order valence-electron chi connectivity index (χ1n) is 8.40.